The van der Waals surface area contributed by atoms with Gasteiger partial charge in [-0.25, -0.2) is 4.98 Å². The zero-order chi connectivity index (χ0) is 12.0. The molecule has 1 rings (SSSR count). The lowest BCUT2D eigenvalue weighted by Crippen LogP contribution is -2.33. The van der Waals surface area contributed by atoms with E-state index in [0.717, 1.165) is 6.54 Å². The van der Waals surface area contributed by atoms with Crippen LogP contribution >= 0.6 is 0 Å². The first-order valence-corrected chi connectivity index (χ1v) is 4.95. The van der Waals surface area contributed by atoms with Gasteiger partial charge in [0, 0.05) is 26.3 Å². The highest BCUT2D eigenvalue weighted by Gasteiger charge is 2.11. The van der Waals surface area contributed by atoms with Crippen molar-refractivity contribution in [3.05, 3.63) is 29.6 Å². The molecular weight excluding hydrogens is 204 g/mol. The Morgan fingerprint density at radius 3 is 2.88 bits per heavy atom. The molecule has 0 fully saturated rings. The van der Waals surface area contributed by atoms with Crippen molar-refractivity contribution >= 4 is 5.91 Å². The van der Waals surface area contributed by atoms with Crippen molar-refractivity contribution in [1.29, 1.82) is 5.26 Å². The third-order valence-corrected chi connectivity index (χ3v) is 2.16. The Hall–Kier alpha value is -1.93. The second-order valence-corrected chi connectivity index (χ2v) is 3.37. The fourth-order valence-electron chi connectivity index (χ4n) is 1.16. The van der Waals surface area contributed by atoms with Crippen LogP contribution in [0.1, 0.15) is 16.1 Å². The average molecular weight is 218 g/mol. The molecule has 0 aromatic carbocycles. The van der Waals surface area contributed by atoms with Crippen LogP contribution in [0.15, 0.2) is 18.3 Å². The summed E-state index contributed by atoms with van der Waals surface area (Å²) in [7, 11) is 3.55. The van der Waals surface area contributed by atoms with Gasteiger partial charge in [0.1, 0.15) is 11.8 Å². The summed E-state index contributed by atoms with van der Waals surface area (Å²) in [6.45, 7) is 1.36. The van der Waals surface area contributed by atoms with Crippen LogP contribution in [0, 0.1) is 11.3 Å². The number of amides is 1. The predicted octanol–water partition coefficient (Wildman–Crippen LogP) is 0.245. The van der Waals surface area contributed by atoms with Crippen molar-refractivity contribution in [2.75, 3.05) is 27.2 Å². The SMILES string of the molecule is CNCCN(C)C(=O)c1ccc(C#N)cn1. The Labute approximate surface area is 94.7 Å². The van der Waals surface area contributed by atoms with E-state index in [4.69, 9.17) is 5.26 Å². The molecular formula is C11H14N4O. The van der Waals surface area contributed by atoms with Gasteiger partial charge in [0.25, 0.3) is 5.91 Å². The second-order valence-electron chi connectivity index (χ2n) is 3.37. The molecule has 5 nitrogen and oxygen atoms in total. The molecule has 1 N–H and O–H groups in total. The summed E-state index contributed by atoms with van der Waals surface area (Å²) in [4.78, 5) is 17.3. The summed E-state index contributed by atoms with van der Waals surface area (Å²) < 4.78 is 0. The number of aromatic nitrogens is 1. The number of rotatable bonds is 4. The van der Waals surface area contributed by atoms with Crippen molar-refractivity contribution in [3.63, 3.8) is 0 Å². The summed E-state index contributed by atoms with van der Waals surface area (Å²) in [5.74, 6) is -0.139. The Morgan fingerprint density at radius 2 is 2.38 bits per heavy atom. The zero-order valence-corrected chi connectivity index (χ0v) is 9.40. The van der Waals surface area contributed by atoms with E-state index in [1.165, 1.54) is 6.20 Å². The molecule has 0 atom stereocenters. The number of hydrogen-bond acceptors (Lipinski definition) is 4. The van der Waals surface area contributed by atoms with Crippen LogP contribution in [0.2, 0.25) is 0 Å². The minimum atomic E-state index is -0.139. The molecule has 0 saturated carbocycles. The smallest absolute Gasteiger partial charge is 0.272 e. The molecule has 16 heavy (non-hydrogen) atoms. The number of nitrogens with one attached hydrogen (secondary N) is 1. The summed E-state index contributed by atoms with van der Waals surface area (Å²) in [6.07, 6.45) is 1.40. The number of carbonyl (C=O) groups excluding carboxylic acids is 1. The second kappa shape index (κ2) is 5.83. The summed E-state index contributed by atoms with van der Waals surface area (Å²) >= 11 is 0. The van der Waals surface area contributed by atoms with Crippen molar-refractivity contribution in [1.82, 2.24) is 15.2 Å². The van der Waals surface area contributed by atoms with Crippen LogP contribution in [-0.4, -0.2) is 43.0 Å². The first-order chi connectivity index (χ1) is 7.69. The molecule has 1 heterocycles. The van der Waals surface area contributed by atoms with E-state index in [-0.39, 0.29) is 5.91 Å². The molecule has 0 spiro atoms. The fraction of sp³-hybridized carbons (Fsp3) is 0.364. The maximum atomic E-state index is 11.8. The van der Waals surface area contributed by atoms with E-state index in [1.54, 1.807) is 24.1 Å². The van der Waals surface area contributed by atoms with Gasteiger partial charge in [-0.15, -0.1) is 0 Å². The van der Waals surface area contributed by atoms with Gasteiger partial charge in [0.2, 0.25) is 0 Å². The maximum Gasteiger partial charge on any atom is 0.272 e. The molecule has 84 valence electrons. The number of likely N-dealkylation sites (N-methyl/N-ethyl adjacent to an activating group) is 2. The molecule has 0 bridgehead atoms. The van der Waals surface area contributed by atoms with Crippen molar-refractivity contribution in [3.8, 4) is 6.07 Å². The van der Waals surface area contributed by atoms with Gasteiger partial charge in [-0.1, -0.05) is 0 Å². The highest BCUT2D eigenvalue weighted by Crippen LogP contribution is 2.01. The summed E-state index contributed by atoms with van der Waals surface area (Å²) in [6, 6.07) is 5.11. The van der Waals surface area contributed by atoms with E-state index >= 15 is 0 Å². The van der Waals surface area contributed by atoms with Gasteiger partial charge in [-0.05, 0) is 19.2 Å². The predicted molar refractivity (Wildman–Crippen MR) is 59.8 cm³/mol. The van der Waals surface area contributed by atoms with Crippen molar-refractivity contribution in [2.45, 2.75) is 0 Å². The van der Waals surface area contributed by atoms with Crippen molar-refractivity contribution < 1.29 is 4.79 Å². The normalized spacial score (nSPS) is 9.56. The molecule has 0 aliphatic rings. The Kier molecular flexibility index (Phi) is 4.42. The quantitative estimate of drug-likeness (QED) is 0.786. The lowest BCUT2D eigenvalue weighted by Gasteiger charge is -2.16. The lowest BCUT2D eigenvalue weighted by molar-refractivity contribution is 0.0791. The number of nitriles is 1. The summed E-state index contributed by atoms with van der Waals surface area (Å²) in [5, 5.41) is 11.6. The minimum absolute atomic E-state index is 0.139. The standard InChI is InChI=1S/C11H14N4O/c1-13-5-6-15(2)11(16)10-4-3-9(7-12)8-14-10/h3-4,8,13H,5-6H2,1-2H3. The highest BCUT2D eigenvalue weighted by molar-refractivity contribution is 5.92. The van der Waals surface area contributed by atoms with E-state index in [1.807, 2.05) is 13.1 Å². The van der Waals surface area contributed by atoms with Crippen LogP contribution in [0.5, 0.6) is 0 Å². The topological polar surface area (TPSA) is 69.0 Å². The van der Waals surface area contributed by atoms with Gasteiger partial charge in [-0.2, -0.15) is 5.26 Å². The molecule has 1 amide bonds. The average Bonchev–Trinajstić information content (AvgIpc) is 2.35. The number of nitrogens with zero attached hydrogens (tertiary/aromatic N) is 3. The first kappa shape index (κ1) is 12.1. The fourth-order valence-corrected chi connectivity index (χ4v) is 1.16. The number of pyridine rings is 1. The van der Waals surface area contributed by atoms with Gasteiger partial charge < -0.3 is 10.2 Å². The van der Waals surface area contributed by atoms with Gasteiger partial charge in [0.05, 0.1) is 5.56 Å². The van der Waals surface area contributed by atoms with E-state index in [2.05, 4.69) is 10.3 Å². The van der Waals surface area contributed by atoms with Gasteiger partial charge in [-0.3, -0.25) is 4.79 Å². The van der Waals surface area contributed by atoms with Crippen molar-refractivity contribution in [2.24, 2.45) is 0 Å². The van der Waals surface area contributed by atoms with Crippen LogP contribution in [0.25, 0.3) is 0 Å². The summed E-state index contributed by atoms with van der Waals surface area (Å²) in [5.41, 5.74) is 0.812. The molecule has 0 aliphatic heterocycles. The Bertz CT molecular complexity index is 393. The first-order valence-electron chi connectivity index (χ1n) is 4.95. The molecule has 0 unspecified atom stereocenters. The maximum absolute atomic E-state index is 11.8. The van der Waals surface area contributed by atoms with Crippen LogP contribution < -0.4 is 5.32 Å². The molecule has 0 saturated heterocycles. The van der Waals surface area contributed by atoms with Crippen LogP contribution in [0.3, 0.4) is 0 Å². The zero-order valence-electron chi connectivity index (χ0n) is 9.40. The van der Waals surface area contributed by atoms with E-state index in [9.17, 15) is 4.79 Å². The van der Waals surface area contributed by atoms with Crippen LogP contribution in [0.4, 0.5) is 0 Å². The highest BCUT2D eigenvalue weighted by atomic mass is 16.2. The lowest BCUT2D eigenvalue weighted by atomic mass is 10.2. The van der Waals surface area contributed by atoms with E-state index in [0.29, 0.717) is 17.8 Å². The third-order valence-electron chi connectivity index (χ3n) is 2.16. The molecule has 1 aromatic heterocycles. The molecule has 0 aliphatic carbocycles. The third kappa shape index (κ3) is 3.04. The number of hydrogen-bond donors (Lipinski definition) is 1. The van der Waals surface area contributed by atoms with Gasteiger partial charge >= 0.3 is 0 Å². The number of carbonyl (C=O) groups is 1. The largest absolute Gasteiger partial charge is 0.339 e. The molecule has 5 heteroatoms. The Balaban J connectivity index is 2.69. The molecule has 1 aromatic rings. The van der Waals surface area contributed by atoms with Crippen LogP contribution in [-0.2, 0) is 0 Å². The monoisotopic (exact) mass is 218 g/mol. The van der Waals surface area contributed by atoms with E-state index < -0.39 is 0 Å². The Morgan fingerprint density at radius 1 is 1.62 bits per heavy atom. The minimum Gasteiger partial charge on any atom is -0.339 e. The molecule has 0 radical (unpaired) electrons. The van der Waals surface area contributed by atoms with Gasteiger partial charge in [0.15, 0.2) is 0 Å².